The van der Waals surface area contributed by atoms with Gasteiger partial charge in [0.15, 0.2) is 22.8 Å². The predicted molar refractivity (Wildman–Crippen MR) is 135 cm³/mol. The lowest BCUT2D eigenvalue weighted by Crippen LogP contribution is -2.50. The lowest BCUT2D eigenvalue weighted by Gasteiger charge is -2.34. The van der Waals surface area contributed by atoms with E-state index in [-0.39, 0.29) is 23.2 Å². The molecule has 178 valence electrons. The molecule has 0 saturated carbocycles. The Morgan fingerprint density at radius 3 is 2.49 bits per heavy atom. The molecule has 8 nitrogen and oxygen atoms in total. The zero-order valence-electron chi connectivity index (χ0n) is 18.9. The number of hydrazone groups is 1. The highest BCUT2D eigenvalue weighted by Crippen LogP contribution is 2.41. The number of aromatic hydroxyl groups is 1. The van der Waals surface area contributed by atoms with Gasteiger partial charge >= 0.3 is 0 Å². The van der Waals surface area contributed by atoms with Crippen LogP contribution in [0.25, 0.3) is 5.70 Å². The maximum atomic E-state index is 13.3. The first-order valence-corrected chi connectivity index (χ1v) is 12.0. The van der Waals surface area contributed by atoms with Gasteiger partial charge in [-0.1, -0.05) is 59.8 Å². The lowest BCUT2D eigenvalue weighted by molar-refractivity contribution is -0.116. The van der Waals surface area contributed by atoms with Crippen LogP contribution in [-0.2, 0) is 10.5 Å². The van der Waals surface area contributed by atoms with Crippen LogP contribution in [0.3, 0.4) is 0 Å². The summed E-state index contributed by atoms with van der Waals surface area (Å²) in [4.78, 5) is 18.2. The molecule has 0 saturated heterocycles. The average Bonchev–Trinajstić information content (AvgIpc) is 2.87. The number of carbonyl (C=O) groups excluding carboxylic acids is 1. The van der Waals surface area contributed by atoms with Crippen molar-refractivity contribution in [2.45, 2.75) is 11.9 Å². The summed E-state index contributed by atoms with van der Waals surface area (Å²) in [5.74, 6) is 0.588. The number of amides is 1. The van der Waals surface area contributed by atoms with E-state index >= 15 is 0 Å². The molecule has 0 bridgehead atoms. The summed E-state index contributed by atoms with van der Waals surface area (Å²) in [5.41, 5.74) is 1.95. The van der Waals surface area contributed by atoms with E-state index in [1.165, 1.54) is 26.0 Å². The van der Waals surface area contributed by atoms with Crippen molar-refractivity contribution >= 4 is 40.1 Å². The molecule has 35 heavy (non-hydrogen) atoms. The van der Waals surface area contributed by atoms with E-state index in [2.05, 4.69) is 5.32 Å². The number of methoxy groups -OCH3 is 2. The van der Waals surface area contributed by atoms with Crippen LogP contribution in [0.2, 0.25) is 5.02 Å². The molecule has 2 heterocycles. The summed E-state index contributed by atoms with van der Waals surface area (Å²) in [6, 6.07) is 18.3. The summed E-state index contributed by atoms with van der Waals surface area (Å²) in [5, 5.41) is 22.0. The third-order valence-corrected chi connectivity index (χ3v) is 6.92. The van der Waals surface area contributed by atoms with Crippen LogP contribution in [0.15, 0.2) is 70.8 Å². The minimum atomic E-state index is -0.690. The number of phenolic OH excluding ortho intramolecular Hbond substituents is 1. The van der Waals surface area contributed by atoms with Crippen molar-refractivity contribution in [2.75, 3.05) is 14.2 Å². The number of rotatable bonds is 5. The number of amidine groups is 1. The number of nitrogens with one attached hydrogen (secondary N) is 1. The van der Waals surface area contributed by atoms with Gasteiger partial charge in [0.1, 0.15) is 5.70 Å². The summed E-state index contributed by atoms with van der Waals surface area (Å²) in [7, 11) is 2.91. The van der Waals surface area contributed by atoms with Gasteiger partial charge in [-0.3, -0.25) is 15.1 Å². The number of phenols is 1. The zero-order chi connectivity index (χ0) is 24.5. The molecule has 3 aromatic carbocycles. The summed E-state index contributed by atoms with van der Waals surface area (Å²) >= 11 is 7.66. The van der Waals surface area contributed by atoms with E-state index in [9.17, 15) is 9.90 Å². The van der Waals surface area contributed by atoms with Gasteiger partial charge in [0, 0.05) is 21.6 Å². The van der Waals surface area contributed by atoms with Gasteiger partial charge in [0.05, 0.1) is 19.6 Å². The molecule has 0 radical (unpaired) electrons. The first-order valence-electron chi connectivity index (χ1n) is 10.7. The molecule has 0 spiro atoms. The second kappa shape index (κ2) is 9.52. The Morgan fingerprint density at radius 2 is 1.77 bits per heavy atom. The highest BCUT2D eigenvalue weighted by atomic mass is 35.5. The Bertz CT molecular complexity index is 1450. The number of carbonyl (C=O) groups is 1. The molecule has 1 amide bonds. The third kappa shape index (κ3) is 4.28. The topological polar surface area (TPSA) is 95.8 Å². The quantitative estimate of drug-likeness (QED) is 0.550. The molecular weight excluding hydrogens is 488 g/mol. The van der Waals surface area contributed by atoms with E-state index in [0.717, 1.165) is 5.56 Å². The number of benzene rings is 3. The van der Waals surface area contributed by atoms with E-state index in [1.54, 1.807) is 17.1 Å². The Balaban J connectivity index is 1.61. The molecule has 10 heteroatoms. The zero-order valence-corrected chi connectivity index (χ0v) is 20.4. The van der Waals surface area contributed by atoms with Crippen molar-refractivity contribution in [1.29, 1.82) is 0 Å². The number of hydrogen-bond acceptors (Lipinski definition) is 8. The fraction of sp³-hybridized carbons (Fsp3) is 0.160. The smallest absolute Gasteiger partial charge is 0.276 e. The van der Waals surface area contributed by atoms with Gasteiger partial charge in [-0.05, 0) is 29.8 Å². The number of hydrogen-bond donors (Lipinski definition) is 2. The molecule has 1 atom stereocenters. The van der Waals surface area contributed by atoms with E-state index in [0.29, 0.717) is 37.8 Å². The van der Waals surface area contributed by atoms with Crippen LogP contribution in [0, 0.1) is 0 Å². The van der Waals surface area contributed by atoms with E-state index in [1.807, 2.05) is 48.5 Å². The highest BCUT2D eigenvalue weighted by molar-refractivity contribution is 8.13. The number of halogens is 1. The van der Waals surface area contributed by atoms with Crippen molar-refractivity contribution in [3.05, 3.63) is 87.4 Å². The maximum Gasteiger partial charge on any atom is 0.276 e. The SMILES string of the molecule is COc1cc(C2N=c3ccccc3=C3C(=O)NC(SCc4ccccc4Cl)=NN32)cc(OC)c1O. The van der Waals surface area contributed by atoms with E-state index < -0.39 is 6.17 Å². The lowest BCUT2D eigenvalue weighted by atomic mass is 10.1. The second-order valence-corrected chi connectivity index (χ2v) is 9.10. The molecule has 2 aliphatic rings. The van der Waals surface area contributed by atoms with Crippen LogP contribution in [-0.4, -0.2) is 35.4 Å². The van der Waals surface area contributed by atoms with Gasteiger partial charge in [-0.25, -0.2) is 5.01 Å². The van der Waals surface area contributed by atoms with Crippen LogP contribution < -0.4 is 25.4 Å². The monoisotopic (exact) mass is 508 g/mol. The molecule has 0 aromatic heterocycles. The number of fused-ring (bicyclic) bond motifs is 2. The summed E-state index contributed by atoms with van der Waals surface area (Å²) < 4.78 is 10.7. The fourth-order valence-corrected chi connectivity index (χ4v) is 5.07. The van der Waals surface area contributed by atoms with Gasteiger partial charge in [0.25, 0.3) is 5.91 Å². The summed E-state index contributed by atoms with van der Waals surface area (Å²) in [6.45, 7) is 0. The predicted octanol–water partition coefficient (Wildman–Crippen LogP) is 3.14. The molecule has 2 N–H and O–H groups in total. The Hall–Kier alpha value is -3.69. The van der Waals surface area contributed by atoms with Gasteiger partial charge in [0.2, 0.25) is 5.75 Å². The van der Waals surface area contributed by atoms with Crippen molar-refractivity contribution in [1.82, 2.24) is 10.3 Å². The molecular formula is C25H21ClN4O4S. The summed E-state index contributed by atoms with van der Waals surface area (Å²) in [6.07, 6.45) is -0.690. The van der Waals surface area contributed by atoms with Crippen LogP contribution in [0.4, 0.5) is 0 Å². The van der Waals surface area contributed by atoms with Crippen LogP contribution in [0.1, 0.15) is 17.3 Å². The van der Waals surface area contributed by atoms with Crippen LogP contribution in [0.5, 0.6) is 17.2 Å². The molecule has 3 aromatic rings. The van der Waals surface area contributed by atoms with Crippen LogP contribution >= 0.6 is 23.4 Å². The normalized spacial score (nSPS) is 16.5. The molecule has 2 aliphatic heterocycles. The van der Waals surface area contributed by atoms with Crippen molar-refractivity contribution < 1.29 is 19.4 Å². The second-order valence-electron chi connectivity index (χ2n) is 7.73. The van der Waals surface area contributed by atoms with Gasteiger partial charge in [-0.15, -0.1) is 5.10 Å². The number of nitrogens with zero attached hydrogens (tertiary/aromatic N) is 3. The largest absolute Gasteiger partial charge is 0.502 e. The third-order valence-electron chi connectivity index (χ3n) is 5.64. The Labute approximate surface area is 210 Å². The van der Waals surface area contributed by atoms with Gasteiger partial charge in [-0.2, -0.15) is 0 Å². The highest BCUT2D eigenvalue weighted by Gasteiger charge is 2.35. The standard InChI is InChI=1S/C25H21ClN4O4S/c1-33-19-11-15(12-20(34-2)22(19)31)23-27-18-10-6-4-8-16(18)21-24(32)28-25(29-30(21)23)35-13-14-7-3-5-9-17(14)26/h3-12,23,31H,13H2,1-2H3,(H,28,29,32). The molecule has 1 unspecified atom stereocenters. The molecule has 5 rings (SSSR count). The Kier molecular flexibility index (Phi) is 6.27. The minimum Gasteiger partial charge on any atom is -0.502 e. The first-order chi connectivity index (χ1) is 17.0. The molecule has 0 fully saturated rings. The van der Waals surface area contributed by atoms with E-state index in [4.69, 9.17) is 31.2 Å². The maximum absolute atomic E-state index is 13.3. The first kappa shape index (κ1) is 23.1. The number of ether oxygens (including phenoxy) is 2. The molecule has 0 aliphatic carbocycles. The van der Waals surface area contributed by atoms with Crippen molar-refractivity contribution in [3.8, 4) is 17.2 Å². The number of thioether (sulfide) groups is 1. The minimum absolute atomic E-state index is 0.116. The average molecular weight is 509 g/mol. The van der Waals surface area contributed by atoms with Gasteiger partial charge < -0.3 is 14.6 Å². The fourth-order valence-electron chi connectivity index (χ4n) is 3.93. The number of para-hydroxylation sites is 1. The Morgan fingerprint density at radius 1 is 1.09 bits per heavy atom. The van der Waals surface area contributed by atoms with Crippen molar-refractivity contribution in [2.24, 2.45) is 10.1 Å². The van der Waals surface area contributed by atoms with Crippen molar-refractivity contribution in [3.63, 3.8) is 0 Å².